The Kier molecular flexibility index (Phi) is 7.46. The van der Waals surface area contributed by atoms with E-state index in [0.29, 0.717) is 17.9 Å². The maximum atomic E-state index is 12.5. The van der Waals surface area contributed by atoms with Crippen molar-refractivity contribution in [2.24, 2.45) is 0 Å². The fourth-order valence-electron chi connectivity index (χ4n) is 3.19. The highest BCUT2D eigenvalue weighted by molar-refractivity contribution is 8.15. The van der Waals surface area contributed by atoms with Crippen molar-refractivity contribution in [2.75, 3.05) is 7.11 Å². The quantitative estimate of drug-likeness (QED) is 0.638. The van der Waals surface area contributed by atoms with Gasteiger partial charge in [0, 0.05) is 18.3 Å². The summed E-state index contributed by atoms with van der Waals surface area (Å²) in [6.45, 7) is 2.40. The van der Waals surface area contributed by atoms with E-state index in [0.717, 1.165) is 47.7 Å². The number of pyridine rings is 1. The SMILES string of the molecule is CCCCc1ccc(C(=O)NCc2cc(CC3SC(=O)NC3=O)ccc2OC)nc1. The molecule has 2 aromatic rings. The van der Waals surface area contributed by atoms with E-state index >= 15 is 0 Å². The molecule has 2 heterocycles. The van der Waals surface area contributed by atoms with Gasteiger partial charge >= 0.3 is 0 Å². The molecule has 1 aliphatic heterocycles. The fraction of sp³-hybridized carbons (Fsp3) is 0.364. The minimum atomic E-state index is -0.441. The molecule has 0 spiro atoms. The molecule has 1 fully saturated rings. The van der Waals surface area contributed by atoms with E-state index in [-0.39, 0.29) is 23.6 Å². The van der Waals surface area contributed by atoms with Crippen LogP contribution in [0.3, 0.4) is 0 Å². The number of hydrogen-bond acceptors (Lipinski definition) is 6. The lowest BCUT2D eigenvalue weighted by atomic mass is 10.0. The van der Waals surface area contributed by atoms with Gasteiger partial charge in [-0.05, 0) is 42.5 Å². The molecule has 0 saturated carbocycles. The number of rotatable bonds is 9. The van der Waals surface area contributed by atoms with Crippen molar-refractivity contribution in [1.29, 1.82) is 0 Å². The van der Waals surface area contributed by atoms with Crippen molar-refractivity contribution in [3.05, 3.63) is 58.9 Å². The van der Waals surface area contributed by atoms with Gasteiger partial charge in [0.2, 0.25) is 5.91 Å². The zero-order valence-electron chi connectivity index (χ0n) is 17.1. The topological polar surface area (TPSA) is 97.4 Å². The first-order valence-corrected chi connectivity index (χ1v) is 10.8. The van der Waals surface area contributed by atoms with Crippen LogP contribution in [0.4, 0.5) is 4.79 Å². The Balaban J connectivity index is 1.64. The maximum absolute atomic E-state index is 12.5. The van der Waals surface area contributed by atoms with E-state index in [1.54, 1.807) is 25.4 Å². The van der Waals surface area contributed by atoms with E-state index in [2.05, 4.69) is 22.5 Å². The van der Waals surface area contributed by atoms with Crippen LogP contribution in [-0.2, 0) is 24.2 Å². The molecule has 0 aliphatic carbocycles. The van der Waals surface area contributed by atoms with E-state index in [9.17, 15) is 14.4 Å². The molecular formula is C22H25N3O4S. The summed E-state index contributed by atoms with van der Waals surface area (Å²) in [6.07, 6.45) is 5.34. The number of thioether (sulfide) groups is 1. The number of carbonyl (C=O) groups excluding carboxylic acids is 3. The standard InChI is InChI=1S/C22H25N3O4S/c1-3-4-5-14-6-8-17(23-12-14)20(26)24-13-16-10-15(7-9-18(16)29-2)11-19-21(27)25-22(28)30-19/h6-10,12,19H,3-5,11,13H2,1-2H3,(H,24,26)(H,25,27,28). The van der Waals surface area contributed by atoms with Crippen molar-refractivity contribution >= 4 is 28.8 Å². The Hall–Kier alpha value is -2.87. The van der Waals surface area contributed by atoms with Crippen molar-refractivity contribution in [1.82, 2.24) is 15.6 Å². The van der Waals surface area contributed by atoms with Gasteiger partial charge in [0.25, 0.3) is 11.1 Å². The number of benzene rings is 1. The second-order valence-electron chi connectivity index (χ2n) is 7.07. The highest BCUT2D eigenvalue weighted by atomic mass is 32.2. The van der Waals surface area contributed by atoms with E-state index in [4.69, 9.17) is 4.74 Å². The first-order chi connectivity index (χ1) is 14.5. The maximum Gasteiger partial charge on any atom is 0.286 e. The monoisotopic (exact) mass is 427 g/mol. The summed E-state index contributed by atoms with van der Waals surface area (Å²) in [5.74, 6) is 0.103. The summed E-state index contributed by atoms with van der Waals surface area (Å²) in [6, 6.07) is 9.22. The summed E-state index contributed by atoms with van der Waals surface area (Å²) < 4.78 is 5.39. The van der Waals surface area contributed by atoms with Gasteiger partial charge in [0.15, 0.2) is 0 Å². The summed E-state index contributed by atoms with van der Waals surface area (Å²) in [5, 5.41) is 4.40. The van der Waals surface area contributed by atoms with Crippen LogP contribution < -0.4 is 15.4 Å². The van der Waals surface area contributed by atoms with E-state index in [1.165, 1.54) is 0 Å². The molecule has 30 heavy (non-hydrogen) atoms. The number of amides is 3. The Morgan fingerprint density at radius 3 is 2.67 bits per heavy atom. The minimum Gasteiger partial charge on any atom is -0.496 e. The number of aromatic nitrogens is 1. The van der Waals surface area contributed by atoms with E-state index < -0.39 is 5.25 Å². The van der Waals surface area contributed by atoms with Crippen LogP contribution in [-0.4, -0.2) is 34.4 Å². The van der Waals surface area contributed by atoms with Crippen LogP contribution in [0.25, 0.3) is 0 Å². The van der Waals surface area contributed by atoms with Gasteiger partial charge in [-0.25, -0.2) is 0 Å². The van der Waals surface area contributed by atoms with Gasteiger partial charge < -0.3 is 10.1 Å². The zero-order chi connectivity index (χ0) is 21.5. The first kappa shape index (κ1) is 21.8. The molecule has 1 saturated heterocycles. The molecule has 8 heteroatoms. The lowest BCUT2D eigenvalue weighted by Crippen LogP contribution is -2.26. The largest absolute Gasteiger partial charge is 0.496 e. The van der Waals surface area contributed by atoms with Crippen LogP contribution in [0.15, 0.2) is 36.5 Å². The highest BCUT2D eigenvalue weighted by Crippen LogP contribution is 2.26. The number of ether oxygens (including phenoxy) is 1. The van der Waals surface area contributed by atoms with Crippen LogP contribution in [0.1, 0.15) is 46.9 Å². The zero-order valence-corrected chi connectivity index (χ0v) is 17.9. The number of hydrogen-bond donors (Lipinski definition) is 2. The third kappa shape index (κ3) is 5.60. The fourth-order valence-corrected chi connectivity index (χ4v) is 4.05. The van der Waals surface area contributed by atoms with Crippen LogP contribution in [0, 0.1) is 0 Å². The number of nitrogens with one attached hydrogen (secondary N) is 2. The number of nitrogens with zero attached hydrogens (tertiary/aromatic N) is 1. The summed E-state index contributed by atoms with van der Waals surface area (Å²) in [7, 11) is 1.57. The molecule has 1 aliphatic rings. The third-order valence-corrected chi connectivity index (χ3v) is 5.83. The van der Waals surface area contributed by atoms with Crippen molar-refractivity contribution < 1.29 is 19.1 Å². The average Bonchev–Trinajstić information content (AvgIpc) is 3.07. The highest BCUT2D eigenvalue weighted by Gasteiger charge is 2.31. The van der Waals surface area contributed by atoms with Gasteiger partial charge in [-0.3, -0.25) is 24.7 Å². The number of imide groups is 1. The lowest BCUT2D eigenvalue weighted by molar-refractivity contribution is -0.118. The van der Waals surface area contributed by atoms with Crippen molar-refractivity contribution in [3.8, 4) is 5.75 Å². The number of methoxy groups -OCH3 is 1. The van der Waals surface area contributed by atoms with Crippen LogP contribution >= 0.6 is 11.8 Å². The first-order valence-electron chi connectivity index (χ1n) is 9.90. The van der Waals surface area contributed by atoms with Crippen LogP contribution in [0.2, 0.25) is 0 Å². The third-order valence-electron chi connectivity index (χ3n) is 4.85. The molecule has 2 N–H and O–H groups in total. The summed E-state index contributed by atoms with van der Waals surface area (Å²) >= 11 is 0.997. The molecule has 158 valence electrons. The Morgan fingerprint density at radius 2 is 2.03 bits per heavy atom. The van der Waals surface area contributed by atoms with Crippen LogP contribution in [0.5, 0.6) is 5.75 Å². The molecule has 0 bridgehead atoms. The van der Waals surface area contributed by atoms with Gasteiger partial charge in [0.1, 0.15) is 11.4 Å². The molecule has 3 amide bonds. The minimum absolute atomic E-state index is 0.262. The van der Waals surface area contributed by atoms with Gasteiger partial charge in [-0.15, -0.1) is 0 Å². The molecule has 7 nitrogen and oxygen atoms in total. The number of aryl methyl sites for hydroxylation is 1. The molecule has 3 rings (SSSR count). The smallest absolute Gasteiger partial charge is 0.286 e. The van der Waals surface area contributed by atoms with E-state index in [1.807, 2.05) is 18.2 Å². The average molecular weight is 428 g/mol. The number of carbonyl (C=O) groups is 3. The van der Waals surface area contributed by atoms with Crippen molar-refractivity contribution in [2.45, 2.75) is 44.4 Å². The van der Waals surface area contributed by atoms with Gasteiger partial charge in [-0.2, -0.15) is 0 Å². The van der Waals surface area contributed by atoms with Crippen molar-refractivity contribution in [3.63, 3.8) is 0 Å². The molecule has 1 unspecified atom stereocenters. The van der Waals surface area contributed by atoms with Gasteiger partial charge in [0.05, 0.1) is 12.4 Å². The summed E-state index contributed by atoms with van der Waals surface area (Å²) in [4.78, 5) is 39.9. The predicted molar refractivity (Wildman–Crippen MR) is 116 cm³/mol. The normalized spacial score (nSPS) is 15.7. The number of unbranched alkanes of at least 4 members (excludes halogenated alkanes) is 1. The summed E-state index contributed by atoms with van der Waals surface area (Å²) in [5.41, 5.74) is 3.16. The Morgan fingerprint density at radius 1 is 1.23 bits per heavy atom. The molecular weight excluding hydrogens is 402 g/mol. The molecule has 1 aromatic carbocycles. The predicted octanol–water partition coefficient (Wildman–Crippen LogP) is 3.26. The second-order valence-corrected chi connectivity index (χ2v) is 8.25. The Labute approximate surface area is 180 Å². The molecule has 1 aromatic heterocycles. The van der Waals surface area contributed by atoms with Gasteiger partial charge in [-0.1, -0.05) is 43.3 Å². The molecule has 0 radical (unpaired) electrons. The lowest BCUT2D eigenvalue weighted by Gasteiger charge is -2.13. The Bertz CT molecular complexity index is 930. The second kappa shape index (κ2) is 10.2. The molecule has 1 atom stereocenters.